The van der Waals surface area contributed by atoms with Crippen LogP contribution in [0.2, 0.25) is 5.02 Å². The van der Waals surface area contributed by atoms with Crippen molar-refractivity contribution in [2.24, 2.45) is 5.14 Å². The molecule has 1 aromatic heterocycles. The summed E-state index contributed by atoms with van der Waals surface area (Å²) in [6.07, 6.45) is 6.80. The molecule has 0 aliphatic carbocycles. The number of piperidine rings is 2. The molecule has 0 radical (unpaired) electrons. The number of aryl methyl sites for hydroxylation is 1. The van der Waals surface area contributed by atoms with Gasteiger partial charge < -0.3 is 9.47 Å². The number of aromatic nitrogens is 2. The largest absolute Gasteiger partial charge is 0.339 e. The molecule has 3 aliphatic heterocycles. The van der Waals surface area contributed by atoms with Crippen LogP contribution in [-0.4, -0.2) is 65.4 Å². The summed E-state index contributed by atoms with van der Waals surface area (Å²) in [7, 11) is -4.08. The average molecular weight is 664 g/mol. The lowest BCUT2D eigenvalue weighted by molar-refractivity contribution is 0.0606. The molecule has 242 valence electrons. The maximum absolute atomic E-state index is 14.6. The second kappa shape index (κ2) is 12.0. The number of imidazole rings is 1. The molecule has 0 saturated carbocycles. The van der Waals surface area contributed by atoms with Gasteiger partial charge in [0.05, 0.1) is 16.1 Å². The number of nitrogens with two attached hydrogens (primary N) is 1. The quantitative estimate of drug-likeness (QED) is 0.253. The Bertz CT molecular complexity index is 1890. The van der Waals surface area contributed by atoms with Gasteiger partial charge in [-0.3, -0.25) is 9.69 Å². The number of para-hydroxylation sites is 2. The fraction of sp³-hybridized carbons (Fsp3) is 0.429. The van der Waals surface area contributed by atoms with Crippen LogP contribution in [0.4, 0.5) is 4.39 Å². The van der Waals surface area contributed by atoms with Crippen LogP contribution < -0.4 is 5.14 Å². The zero-order valence-electron chi connectivity index (χ0n) is 25.9. The standard InChI is InChI=1S/C35H39ClFN5O3S/c1-23-39-31-7-2-3-8-32(31)42(23)29-21-27-10-11-28(22-29)41(27)18-15-35(25-5-4-6-26(37)20-25)13-16-40(17-14-35)34(43)24-9-12-30(36)33(19-24)46(38,44)45/h2-9,12,19-20,27-29H,10-11,13-18,21-22H2,1H3,(H2,38,44,45)/t27-,28+,29?. The monoisotopic (exact) mass is 663 g/mol. The van der Waals surface area contributed by atoms with Gasteiger partial charge in [-0.1, -0.05) is 35.9 Å². The first-order chi connectivity index (χ1) is 22.0. The lowest BCUT2D eigenvalue weighted by Gasteiger charge is -2.45. The molecule has 4 aromatic rings. The molecule has 3 fully saturated rings. The number of sulfonamides is 1. The van der Waals surface area contributed by atoms with E-state index in [-0.39, 0.29) is 32.6 Å². The predicted octanol–water partition coefficient (Wildman–Crippen LogP) is 6.22. The van der Waals surface area contributed by atoms with Gasteiger partial charge in [-0.2, -0.15) is 0 Å². The molecule has 1 amide bonds. The highest BCUT2D eigenvalue weighted by Gasteiger charge is 2.44. The number of likely N-dealkylation sites (tertiary alicyclic amines) is 1. The van der Waals surface area contributed by atoms with Gasteiger partial charge in [0.25, 0.3) is 5.91 Å². The second-order valence-electron chi connectivity index (χ2n) is 13.3. The Kier molecular flexibility index (Phi) is 8.20. The lowest BCUT2D eigenvalue weighted by Crippen LogP contribution is -2.49. The lowest BCUT2D eigenvalue weighted by atomic mass is 9.70. The first-order valence-corrected chi connectivity index (χ1v) is 18.0. The highest BCUT2D eigenvalue weighted by molar-refractivity contribution is 7.89. The van der Waals surface area contributed by atoms with E-state index in [4.69, 9.17) is 21.7 Å². The normalized spacial score (nSPS) is 23.2. The number of carbonyl (C=O) groups excluding carboxylic acids is 1. The second-order valence-corrected chi connectivity index (χ2v) is 15.2. The number of hydrogen-bond donors (Lipinski definition) is 1. The van der Waals surface area contributed by atoms with Gasteiger partial charge in [0.2, 0.25) is 10.0 Å². The predicted molar refractivity (Wildman–Crippen MR) is 177 cm³/mol. The van der Waals surface area contributed by atoms with Crippen LogP contribution in [0.3, 0.4) is 0 Å². The molecule has 3 saturated heterocycles. The average Bonchev–Trinajstić information content (AvgIpc) is 3.49. The van der Waals surface area contributed by atoms with Crippen LogP contribution in [-0.2, 0) is 15.4 Å². The summed E-state index contributed by atoms with van der Waals surface area (Å²) < 4.78 is 41.0. The Morgan fingerprint density at radius 2 is 1.72 bits per heavy atom. The molecule has 3 atom stereocenters. The molecule has 2 bridgehead atoms. The van der Waals surface area contributed by atoms with Crippen LogP contribution in [0, 0.1) is 12.7 Å². The molecule has 46 heavy (non-hydrogen) atoms. The third-order valence-corrected chi connectivity index (χ3v) is 12.2. The number of primary sulfonamides is 1. The number of amides is 1. The number of rotatable bonds is 7. The summed E-state index contributed by atoms with van der Waals surface area (Å²) in [5, 5.41) is 5.30. The van der Waals surface area contributed by atoms with Crippen molar-refractivity contribution < 1.29 is 17.6 Å². The van der Waals surface area contributed by atoms with Gasteiger partial charge in [-0.15, -0.1) is 0 Å². The summed E-state index contributed by atoms with van der Waals surface area (Å²) >= 11 is 6.05. The Morgan fingerprint density at radius 3 is 2.41 bits per heavy atom. The number of nitrogens with zero attached hydrogens (tertiary/aromatic N) is 4. The highest BCUT2D eigenvalue weighted by atomic mass is 35.5. The zero-order chi connectivity index (χ0) is 32.2. The number of hydrogen-bond acceptors (Lipinski definition) is 5. The third kappa shape index (κ3) is 5.74. The summed E-state index contributed by atoms with van der Waals surface area (Å²) in [5.74, 6) is 0.553. The van der Waals surface area contributed by atoms with E-state index in [2.05, 4.69) is 34.6 Å². The maximum atomic E-state index is 14.6. The molecule has 11 heteroatoms. The molecular weight excluding hydrogens is 625 g/mol. The number of halogens is 2. The van der Waals surface area contributed by atoms with E-state index in [0.717, 1.165) is 42.7 Å². The molecule has 3 aliphatic rings. The minimum atomic E-state index is -4.08. The van der Waals surface area contributed by atoms with Gasteiger partial charge in [0, 0.05) is 36.8 Å². The summed E-state index contributed by atoms with van der Waals surface area (Å²) in [6, 6.07) is 20.9. The number of carbonyl (C=O) groups is 1. The van der Waals surface area contributed by atoms with Crippen molar-refractivity contribution in [3.05, 3.63) is 94.5 Å². The summed E-state index contributed by atoms with van der Waals surface area (Å²) in [5.41, 5.74) is 3.19. The molecule has 1 unspecified atom stereocenters. The van der Waals surface area contributed by atoms with Gasteiger partial charge in [-0.05, 0) is 112 Å². The van der Waals surface area contributed by atoms with Crippen LogP contribution in [0.5, 0.6) is 0 Å². The minimum Gasteiger partial charge on any atom is -0.339 e. The fourth-order valence-electron chi connectivity index (χ4n) is 8.47. The van der Waals surface area contributed by atoms with Crippen molar-refractivity contribution in [2.75, 3.05) is 19.6 Å². The van der Waals surface area contributed by atoms with Gasteiger partial charge in [0.1, 0.15) is 16.5 Å². The molecular formula is C35H39ClFN5O3S. The Hall–Kier alpha value is -3.31. The molecule has 3 aromatic carbocycles. The van der Waals surface area contributed by atoms with Crippen LogP contribution in [0.15, 0.2) is 71.6 Å². The first-order valence-electron chi connectivity index (χ1n) is 16.1. The number of benzene rings is 3. The van der Waals surface area contributed by atoms with Gasteiger partial charge >= 0.3 is 0 Å². The van der Waals surface area contributed by atoms with Gasteiger partial charge in [0.15, 0.2) is 0 Å². The zero-order valence-corrected chi connectivity index (χ0v) is 27.5. The Labute approximate surface area is 274 Å². The van der Waals surface area contributed by atoms with Crippen LogP contribution >= 0.6 is 11.6 Å². The van der Waals surface area contributed by atoms with Crippen molar-refractivity contribution in [1.82, 2.24) is 19.4 Å². The van der Waals surface area contributed by atoms with E-state index in [1.165, 1.54) is 42.6 Å². The van der Waals surface area contributed by atoms with Crippen molar-refractivity contribution in [1.29, 1.82) is 0 Å². The van der Waals surface area contributed by atoms with E-state index in [0.29, 0.717) is 44.1 Å². The SMILES string of the molecule is Cc1nc2ccccc2n1C1C[C@H]2CC[C@@H](C1)N2CCC1(c2cccc(F)c2)CCN(C(=O)c2ccc(Cl)c(S(N)(=O)=O)c2)CC1. The molecule has 4 heterocycles. The fourth-order valence-corrected chi connectivity index (χ4v) is 9.54. The number of fused-ring (bicyclic) bond motifs is 3. The van der Waals surface area contributed by atoms with Crippen molar-refractivity contribution in [3.8, 4) is 0 Å². The van der Waals surface area contributed by atoms with E-state index in [1.54, 1.807) is 17.0 Å². The van der Waals surface area contributed by atoms with Gasteiger partial charge in [-0.25, -0.2) is 22.9 Å². The van der Waals surface area contributed by atoms with Crippen molar-refractivity contribution in [3.63, 3.8) is 0 Å². The Balaban J connectivity index is 1.08. The summed E-state index contributed by atoms with van der Waals surface area (Å²) in [6.45, 7) is 3.99. The van der Waals surface area contributed by atoms with Crippen molar-refractivity contribution >= 4 is 38.6 Å². The van der Waals surface area contributed by atoms with E-state index in [1.807, 2.05) is 12.1 Å². The minimum absolute atomic E-state index is 0.0191. The molecule has 0 spiro atoms. The van der Waals surface area contributed by atoms with E-state index in [9.17, 15) is 17.6 Å². The van der Waals surface area contributed by atoms with E-state index < -0.39 is 10.0 Å². The highest BCUT2D eigenvalue weighted by Crippen LogP contribution is 2.45. The van der Waals surface area contributed by atoms with Crippen LogP contribution in [0.1, 0.15) is 72.7 Å². The maximum Gasteiger partial charge on any atom is 0.253 e. The third-order valence-electron chi connectivity index (χ3n) is 10.8. The van der Waals surface area contributed by atoms with E-state index >= 15 is 0 Å². The summed E-state index contributed by atoms with van der Waals surface area (Å²) in [4.78, 5) is 22.5. The Morgan fingerprint density at radius 1 is 1.00 bits per heavy atom. The van der Waals surface area contributed by atoms with Crippen LogP contribution in [0.25, 0.3) is 11.0 Å². The molecule has 7 rings (SSSR count). The smallest absolute Gasteiger partial charge is 0.253 e. The molecule has 8 nitrogen and oxygen atoms in total. The topological polar surface area (TPSA) is 102 Å². The van der Waals surface area contributed by atoms with Crippen molar-refractivity contribution in [2.45, 2.75) is 80.3 Å². The first kappa shape index (κ1) is 31.3. The molecule has 2 N–H and O–H groups in total.